The van der Waals surface area contributed by atoms with Crippen molar-refractivity contribution in [3.05, 3.63) is 35.4 Å². The van der Waals surface area contributed by atoms with Crippen LogP contribution < -0.4 is 0 Å². The predicted molar refractivity (Wildman–Crippen MR) is 57.5 cm³/mol. The summed E-state index contributed by atoms with van der Waals surface area (Å²) in [4.78, 5) is 13.4. The average Bonchev–Trinajstić information content (AvgIpc) is 3.09. The van der Waals surface area contributed by atoms with Gasteiger partial charge >= 0.3 is 0 Å². The maximum atomic E-state index is 13.4. The smallest absolute Gasteiger partial charge is 0.257 e. The number of benzene rings is 1. The van der Waals surface area contributed by atoms with Gasteiger partial charge in [0.05, 0.1) is 12.2 Å². The fourth-order valence-electron chi connectivity index (χ4n) is 1.76. The van der Waals surface area contributed by atoms with Crippen LogP contribution in [0.5, 0.6) is 0 Å². The largest absolute Gasteiger partial charge is 0.395 e. The lowest BCUT2D eigenvalue weighted by Crippen LogP contribution is -2.36. The van der Waals surface area contributed by atoms with Crippen molar-refractivity contribution in [3.63, 3.8) is 0 Å². The van der Waals surface area contributed by atoms with Crippen LogP contribution in [0.25, 0.3) is 0 Å². The molecule has 1 aliphatic rings. The van der Waals surface area contributed by atoms with Crippen LogP contribution >= 0.6 is 0 Å². The molecule has 1 N–H and O–H groups in total. The van der Waals surface area contributed by atoms with Gasteiger partial charge in [-0.1, -0.05) is 0 Å². The summed E-state index contributed by atoms with van der Waals surface area (Å²) in [6.45, 7) is 0.0192. The highest BCUT2D eigenvalue weighted by molar-refractivity contribution is 5.94. The molecule has 0 saturated heterocycles. The fraction of sp³-hybridized carbons (Fsp3) is 0.417. The van der Waals surface area contributed by atoms with E-state index in [-0.39, 0.29) is 24.8 Å². The Labute approximate surface area is 97.7 Å². The number of carbonyl (C=O) groups is 1. The van der Waals surface area contributed by atoms with E-state index in [1.54, 1.807) is 0 Å². The lowest BCUT2D eigenvalue weighted by atomic mass is 10.1. The maximum Gasteiger partial charge on any atom is 0.257 e. The number of aliphatic hydroxyl groups excluding tert-OH is 1. The van der Waals surface area contributed by atoms with Crippen molar-refractivity contribution in [2.24, 2.45) is 0 Å². The first-order valence-corrected chi connectivity index (χ1v) is 5.50. The molecule has 5 heteroatoms. The number of hydrogen-bond donors (Lipinski definition) is 1. The van der Waals surface area contributed by atoms with E-state index in [4.69, 9.17) is 5.11 Å². The van der Waals surface area contributed by atoms with Gasteiger partial charge in [0.1, 0.15) is 11.6 Å². The van der Waals surface area contributed by atoms with E-state index in [1.807, 2.05) is 0 Å². The second kappa shape index (κ2) is 4.79. The number of amides is 1. The Hall–Kier alpha value is -1.49. The number of aliphatic hydroxyl groups is 1. The van der Waals surface area contributed by atoms with Crippen LogP contribution in [0.2, 0.25) is 0 Å². The molecule has 0 spiro atoms. The molecule has 1 amide bonds. The van der Waals surface area contributed by atoms with Gasteiger partial charge in [-0.25, -0.2) is 8.78 Å². The fourth-order valence-corrected chi connectivity index (χ4v) is 1.76. The topological polar surface area (TPSA) is 40.5 Å². The van der Waals surface area contributed by atoms with E-state index in [2.05, 4.69) is 0 Å². The van der Waals surface area contributed by atoms with Gasteiger partial charge in [0.15, 0.2) is 0 Å². The summed E-state index contributed by atoms with van der Waals surface area (Å²) < 4.78 is 26.2. The molecule has 1 aromatic rings. The third-order valence-electron chi connectivity index (χ3n) is 2.75. The van der Waals surface area contributed by atoms with Crippen LogP contribution in [0.1, 0.15) is 23.2 Å². The molecule has 0 atom stereocenters. The first-order chi connectivity index (χ1) is 8.13. The Morgan fingerprint density at radius 2 is 2.12 bits per heavy atom. The van der Waals surface area contributed by atoms with Gasteiger partial charge in [0.25, 0.3) is 5.91 Å². The molecule has 0 aliphatic heterocycles. The van der Waals surface area contributed by atoms with Gasteiger partial charge in [-0.2, -0.15) is 0 Å². The minimum Gasteiger partial charge on any atom is -0.395 e. The van der Waals surface area contributed by atoms with Crippen molar-refractivity contribution in [3.8, 4) is 0 Å². The zero-order chi connectivity index (χ0) is 12.4. The SMILES string of the molecule is O=C(c1ccc(F)cc1F)N(CCO)C1CC1. The molecular weight excluding hydrogens is 228 g/mol. The molecule has 3 nitrogen and oxygen atoms in total. The molecule has 0 radical (unpaired) electrons. The third-order valence-corrected chi connectivity index (χ3v) is 2.75. The summed E-state index contributed by atoms with van der Waals surface area (Å²) in [5.74, 6) is -2.06. The minimum atomic E-state index is -0.862. The lowest BCUT2D eigenvalue weighted by Gasteiger charge is -2.21. The molecule has 0 bridgehead atoms. The van der Waals surface area contributed by atoms with Crippen LogP contribution in [-0.4, -0.2) is 35.1 Å². The monoisotopic (exact) mass is 241 g/mol. The number of rotatable bonds is 4. The highest BCUT2D eigenvalue weighted by atomic mass is 19.1. The average molecular weight is 241 g/mol. The molecule has 92 valence electrons. The Bertz CT molecular complexity index is 433. The van der Waals surface area contributed by atoms with E-state index in [0.29, 0.717) is 6.07 Å². The van der Waals surface area contributed by atoms with Crippen LogP contribution in [0.15, 0.2) is 18.2 Å². The summed E-state index contributed by atoms with van der Waals surface area (Å²) in [6, 6.07) is 2.97. The predicted octanol–water partition coefficient (Wildman–Crippen LogP) is 1.56. The highest BCUT2D eigenvalue weighted by Gasteiger charge is 2.33. The van der Waals surface area contributed by atoms with Gasteiger partial charge in [-0.05, 0) is 25.0 Å². The standard InChI is InChI=1S/C12H13F2NO2/c13-8-1-4-10(11(14)7-8)12(17)15(5-6-16)9-2-3-9/h1,4,7,9,16H,2-3,5-6H2. The van der Waals surface area contributed by atoms with Gasteiger partial charge in [0.2, 0.25) is 0 Å². The Balaban J connectivity index is 2.22. The van der Waals surface area contributed by atoms with Crippen molar-refractivity contribution in [2.45, 2.75) is 18.9 Å². The maximum absolute atomic E-state index is 13.4. The Kier molecular flexibility index (Phi) is 3.38. The quantitative estimate of drug-likeness (QED) is 0.869. The molecule has 2 rings (SSSR count). The summed E-state index contributed by atoms with van der Waals surface area (Å²) in [5, 5.41) is 8.87. The molecule has 1 fully saturated rings. The number of carbonyl (C=O) groups excluding carboxylic acids is 1. The van der Waals surface area contributed by atoms with E-state index in [1.165, 1.54) is 4.90 Å². The minimum absolute atomic E-state index is 0.0825. The van der Waals surface area contributed by atoms with Crippen LogP contribution in [0.4, 0.5) is 8.78 Å². The zero-order valence-electron chi connectivity index (χ0n) is 9.20. The molecular formula is C12H13F2NO2. The van der Waals surface area contributed by atoms with Crippen LogP contribution in [0, 0.1) is 11.6 Å². The van der Waals surface area contributed by atoms with Crippen LogP contribution in [0.3, 0.4) is 0 Å². The molecule has 0 heterocycles. The summed E-state index contributed by atoms with van der Waals surface area (Å²) in [5.41, 5.74) is -0.147. The van der Waals surface area contributed by atoms with Crippen molar-refractivity contribution >= 4 is 5.91 Å². The van der Waals surface area contributed by atoms with Crippen LogP contribution in [-0.2, 0) is 0 Å². The second-order valence-electron chi connectivity index (χ2n) is 4.08. The van der Waals surface area contributed by atoms with Crippen molar-refractivity contribution in [1.82, 2.24) is 4.90 Å². The van der Waals surface area contributed by atoms with E-state index >= 15 is 0 Å². The summed E-state index contributed by atoms with van der Waals surface area (Å²) in [6.07, 6.45) is 1.74. The van der Waals surface area contributed by atoms with E-state index in [0.717, 1.165) is 25.0 Å². The van der Waals surface area contributed by atoms with Gasteiger partial charge in [-0.15, -0.1) is 0 Å². The van der Waals surface area contributed by atoms with Gasteiger partial charge in [0, 0.05) is 18.7 Å². The summed E-state index contributed by atoms with van der Waals surface area (Å²) in [7, 11) is 0. The Morgan fingerprint density at radius 1 is 1.41 bits per heavy atom. The number of nitrogens with zero attached hydrogens (tertiary/aromatic N) is 1. The van der Waals surface area contributed by atoms with E-state index in [9.17, 15) is 13.6 Å². The van der Waals surface area contributed by atoms with Gasteiger partial charge < -0.3 is 10.0 Å². The summed E-state index contributed by atoms with van der Waals surface area (Å²) >= 11 is 0. The second-order valence-corrected chi connectivity index (χ2v) is 4.08. The third kappa shape index (κ3) is 2.61. The molecule has 0 unspecified atom stereocenters. The molecule has 1 saturated carbocycles. The first kappa shape index (κ1) is 12.0. The van der Waals surface area contributed by atoms with E-state index < -0.39 is 17.5 Å². The lowest BCUT2D eigenvalue weighted by molar-refractivity contribution is 0.0703. The molecule has 1 aliphatic carbocycles. The van der Waals surface area contributed by atoms with Crippen molar-refractivity contribution in [1.29, 1.82) is 0 Å². The molecule has 17 heavy (non-hydrogen) atoms. The van der Waals surface area contributed by atoms with Crippen molar-refractivity contribution < 1.29 is 18.7 Å². The normalized spacial score (nSPS) is 14.8. The number of hydrogen-bond acceptors (Lipinski definition) is 2. The van der Waals surface area contributed by atoms with Gasteiger partial charge in [-0.3, -0.25) is 4.79 Å². The van der Waals surface area contributed by atoms with Crippen molar-refractivity contribution in [2.75, 3.05) is 13.2 Å². The first-order valence-electron chi connectivity index (χ1n) is 5.50. The Morgan fingerprint density at radius 3 is 2.65 bits per heavy atom. The highest BCUT2D eigenvalue weighted by Crippen LogP contribution is 2.28. The zero-order valence-corrected chi connectivity index (χ0v) is 9.20. The molecule has 1 aromatic carbocycles. The molecule has 0 aromatic heterocycles. The number of halogens is 2.